The van der Waals surface area contributed by atoms with E-state index in [0.29, 0.717) is 0 Å². The highest BCUT2D eigenvalue weighted by Gasteiger charge is 1.99. The maximum absolute atomic E-state index is 4.72. The average molecular weight is 209 g/mol. The minimum absolute atomic E-state index is 0.730. The molecule has 0 aromatic carbocycles. The van der Waals surface area contributed by atoms with Crippen molar-refractivity contribution in [3.8, 4) is 0 Å². The summed E-state index contributed by atoms with van der Waals surface area (Å²) in [6, 6.07) is 1.85. The van der Waals surface area contributed by atoms with E-state index >= 15 is 0 Å². The molecule has 14 heavy (non-hydrogen) atoms. The van der Waals surface area contributed by atoms with Gasteiger partial charge in [-0.3, -0.25) is 0 Å². The van der Waals surface area contributed by atoms with Crippen molar-refractivity contribution in [1.82, 2.24) is 15.5 Å². The molecule has 2 rings (SSSR count). The molecule has 2 aromatic heterocycles. The molecular weight excluding hydrogens is 198 g/mol. The molecule has 74 valence electrons. The summed E-state index contributed by atoms with van der Waals surface area (Å²) >= 11 is 1.71. The van der Waals surface area contributed by atoms with Crippen molar-refractivity contribution in [3.05, 3.63) is 34.1 Å². The maximum atomic E-state index is 4.72. The molecule has 0 saturated carbocycles. The summed E-state index contributed by atoms with van der Waals surface area (Å²) in [5.41, 5.74) is 0.922. The van der Waals surface area contributed by atoms with Crippen LogP contribution in [0.25, 0.3) is 0 Å². The second kappa shape index (κ2) is 4.34. The topological polar surface area (TPSA) is 51.0 Å². The van der Waals surface area contributed by atoms with Gasteiger partial charge in [-0.05, 0) is 6.92 Å². The Morgan fingerprint density at radius 2 is 2.43 bits per heavy atom. The van der Waals surface area contributed by atoms with Gasteiger partial charge in [0.15, 0.2) is 0 Å². The smallest absolute Gasteiger partial charge is 0.124 e. The van der Waals surface area contributed by atoms with E-state index in [1.54, 1.807) is 17.6 Å². The first kappa shape index (κ1) is 9.36. The van der Waals surface area contributed by atoms with Crippen LogP contribution in [0.4, 0.5) is 0 Å². The lowest BCUT2D eigenvalue weighted by Gasteiger charge is -1.97. The molecule has 5 heteroatoms. The van der Waals surface area contributed by atoms with Crippen molar-refractivity contribution in [2.45, 2.75) is 20.0 Å². The third-order valence-electron chi connectivity index (χ3n) is 1.77. The lowest BCUT2D eigenvalue weighted by molar-refractivity contribution is 0.408. The summed E-state index contributed by atoms with van der Waals surface area (Å²) in [4.78, 5) is 5.42. The van der Waals surface area contributed by atoms with Gasteiger partial charge in [-0.2, -0.15) is 0 Å². The highest BCUT2D eigenvalue weighted by molar-refractivity contribution is 7.11. The Labute approximate surface area is 86.0 Å². The fourth-order valence-corrected chi connectivity index (χ4v) is 1.89. The summed E-state index contributed by atoms with van der Waals surface area (Å²) < 4.78 is 4.72. The molecular formula is C9H11N3OS. The predicted octanol–water partition coefficient (Wildman–Crippen LogP) is 1.73. The van der Waals surface area contributed by atoms with Gasteiger partial charge in [0.2, 0.25) is 0 Å². The van der Waals surface area contributed by atoms with Crippen molar-refractivity contribution in [3.63, 3.8) is 0 Å². The van der Waals surface area contributed by atoms with Gasteiger partial charge in [-0.15, -0.1) is 11.3 Å². The summed E-state index contributed by atoms with van der Waals surface area (Å²) in [5, 5.41) is 8.17. The first-order chi connectivity index (χ1) is 6.84. The third-order valence-corrected chi connectivity index (χ3v) is 2.68. The molecule has 0 unspecified atom stereocenters. The summed E-state index contributed by atoms with van der Waals surface area (Å²) in [7, 11) is 0. The highest BCUT2D eigenvalue weighted by atomic mass is 32.1. The fourth-order valence-electron chi connectivity index (χ4n) is 1.13. The Morgan fingerprint density at radius 1 is 1.50 bits per heavy atom. The van der Waals surface area contributed by atoms with Crippen LogP contribution in [0, 0.1) is 6.92 Å². The van der Waals surface area contributed by atoms with Gasteiger partial charge >= 0.3 is 0 Å². The van der Waals surface area contributed by atoms with Crippen molar-refractivity contribution in [2.75, 3.05) is 0 Å². The minimum Gasteiger partial charge on any atom is -0.364 e. The van der Waals surface area contributed by atoms with Crippen LogP contribution < -0.4 is 5.32 Å². The number of rotatable bonds is 4. The van der Waals surface area contributed by atoms with Crippen molar-refractivity contribution < 1.29 is 4.52 Å². The molecule has 1 N–H and O–H groups in total. The molecule has 0 aliphatic carbocycles. The zero-order valence-corrected chi connectivity index (χ0v) is 8.67. The predicted molar refractivity (Wildman–Crippen MR) is 53.9 cm³/mol. The quantitative estimate of drug-likeness (QED) is 0.833. The minimum atomic E-state index is 0.730. The molecule has 4 nitrogen and oxygen atoms in total. The van der Waals surface area contributed by atoms with Crippen molar-refractivity contribution in [2.24, 2.45) is 0 Å². The summed E-state index contributed by atoms with van der Waals surface area (Å²) in [6.07, 6.45) is 3.48. The summed E-state index contributed by atoms with van der Waals surface area (Å²) in [6.45, 7) is 3.57. The van der Waals surface area contributed by atoms with Crippen LogP contribution in [0.5, 0.6) is 0 Å². The molecule has 0 saturated heterocycles. The Balaban J connectivity index is 1.78. The van der Waals surface area contributed by atoms with E-state index in [1.807, 2.05) is 19.2 Å². The molecule has 0 fully saturated rings. The number of hydrogen-bond acceptors (Lipinski definition) is 5. The van der Waals surface area contributed by atoms with Gasteiger partial charge in [0.1, 0.15) is 6.26 Å². The van der Waals surface area contributed by atoms with Crippen LogP contribution in [-0.4, -0.2) is 10.1 Å². The lowest BCUT2D eigenvalue weighted by Crippen LogP contribution is -2.11. The Bertz CT molecular complexity index is 382. The van der Waals surface area contributed by atoms with Crippen LogP contribution in [-0.2, 0) is 13.1 Å². The van der Waals surface area contributed by atoms with Crippen molar-refractivity contribution in [1.29, 1.82) is 0 Å². The maximum Gasteiger partial charge on any atom is 0.124 e. The van der Waals surface area contributed by atoms with Crippen LogP contribution in [0.3, 0.4) is 0 Å². The monoisotopic (exact) mass is 209 g/mol. The standard InChI is InChI=1S/C9H11N3OS/c1-7-11-6-9(14-7)5-10-4-8-2-3-13-12-8/h2-3,6,10H,4-5H2,1H3. The Hall–Kier alpha value is -1.20. The van der Waals surface area contributed by atoms with Crippen LogP contribution in [0.15, 0.2) is 23.0 Å². The second-order valence-electron chi connectivity index (χ2n) is 2.94. The number of nitrogens with zero attached hydrogens (tertiary/aromatic N) is 2. The molecule has 0 radical (unpaired) electrons. The lowest BCUT2D eigenvalue weighted by atomic mass is 10.4. The van der Waals surface area contributed by atoms with Crippen LogP contribution in [0.1, 0.15) is 15.6 Å². The molecule has 0 spiro atoms. The first-order valence-corrected chi connectivity index (χ1v) is 5.17. The highest BCUT2D eigenvalue weighted by Crippen LogP contribution is 2.10. The number of hydrogen-bond donors (Lipinski definition) is 1. The van der Waals surface area contributed by atoms with Gasteiger partial charge < -0.3 is 9.84 Å². The normalized spacial score (nSPS) is 10.6. The number of aryl methyl sites for hydroxylation is 1. The molecule has 2 heterocycles. The summed E-state index contributed by atoms with van der Waals surface area (Å²) in [5.74, 6) is 0. The van der Waals surface area contributed by atoms with E-state index in [1.165, 1.54) is 4.88 Å². The second-order valence-corrected chi connectivity index (χ2v) is 4.26. The number of thiazole rings is 1. The molecule has 2 aromatic rings. The van der Waals surface area contributed by atoms with E-state index in [2.05, 4.69) is 15.5 Å². The SMILES string of the molecule is Cc1ncc(CNCc2ccon2)s1. The molecule has 0 atom stereocenters. The molecule has 0 aliphatic rings. The van der Waals surface area contributed by atoms with E-state index in [-0.39, 0.29) is 0 Å². The van der Waals surface area contributed by atoms with Crippen LogP contribution in [0.2, 0.25) is 0 Å². The molecule has 0 amide bonds. The van der Waals surface area contributed by atoms with Crippen molar-refractivity contribution >= 4 is 11.3 Å². The van der Waals surface area contributed by atoms with E-state index < -0.39 is 0 Å². The Morgan fingerprint density at radius 3 is 3.07 bits per heavy atom. The number of aromatic nitrogens is 2. The van der Waals surface area contributed by atoms with Crippen LogP contribution >= 0.6 is 11.3 Å². The van der Waals surface area contributed by atoms with Gasteiger partial charge in [0, 0.05) is 30.2 Å². The van der Waals surface area contributed by atoms with Gasteiger partial charge in [0.25, 0.3) is 0 Å². The van der Waals surface area contributed by atoms with E-state index in [9.17, 15) is 0 Å². The van der Waals surface area contributed by atoms with Gasteiger partial charge in [-0.25, -0.2) is 4.98 Å². The number of nitrogens with one attached hydrogen (secondary N) is 1. The van der Waals surface area contributed by atoms with Gasteiger partial charge in [-0.1, -0.05) is 5.16 Å². The first-order valence-electron chi connectivity index (χ1n) is 4.36. The zero-order chi connectivity index (χ0) is 9.80. The average Bonchev–Trinajstić information content (AvgIpc) is 2.77. The largest absolute Gasteiger partial charge is 0.364 e. The third kappa shape index (κ3) is 2.40. The van der Waals surface area contributed by atoms with Gasteiger partial charge in [0.05, 0.1) is 10.7 Å². The fraction of sp³-hybridized carbons (Fsp3) is 0.333. The zero-order valence-electron chi connectivity index (χ0n) is 7.86. The molecule has 0 aliphatic heterocycles. The van der Waals surface area contributed by atoms with E-state index in [0.717, 1.165) is 23.8 Å². The molecule has 0 bridgehead atoms. The van der Waals surface area contributed by atoms with E-state index in [4.69, 9.17) is 4.52 Å². The Kier molecular flexibility index (Phi) is 2.90.